The number of hydrogen-bond donors (Lipinski definition) is 9. The van der Waals surface area contributed by atoms with Crippen molar-refractivity contribution >= 4 is 29.5 Å². The maximum absolute atomic E-state index is 13.8. The molecule has 0 aliphatic carbocycles. The second-order valence-corrected chi connectivity index (χ2v) is 10.8. The van der Waals surface area contributed by atoms with Gasteiger partial charge in [-0.3, -0.25) is 24.0 Å². The Morgan fingerprint density at radius 1 is 1.02 bits per heavy atom. The topological polar surface area (TPSA) is 277 Å². The fourth-order valence-electron chi connectivity index (χ4n) is 4.91. The Hall–Kier alpha value is -4.73. The maximum Gasteiger partial charge on any atom is 0.245 e. The fourth-order valence-corrected chi connectivity index (χ4v) is 4.91. The van der Waals surface area contributed by atoms with Crippen LogP contribution in [0.3, 0.4) is 0 Å². The molecule has 0 unspecified atom stereocenters. The molecule has 5 amide bonds. The lowest BCUT2D eigenvalue weighted by molar-refractivity contribution is -0.143. The van der Waals surface area contributed by atoms with Crippen LogP contribution >= 0.6 is 0 Å². The third-order valence-corrected chi connectivity index (χ3v) is 7.53. The predicted octanol–water partition coefficient (Wildman–Crippen LogP) is -2.55. The molecule has 2 aromatic rings. The van der Waals surface area contributed by atoms with E-state index in [1.54, 1.807) is 24.3 Å². The predicted molar refractivity (Wildman–Crippen MR) is 158 cm³/mol. The van der Waals surface area contributed by atoms with E-state index in [2.05, 4.69) is 10.6 Å². The molecule has 15 heteroatoms. The summed E-state index contributed by atoms with van der Waals surface area (Å²) < 4.78 is 0. The monoisotopic (exact) mass is 613 g/mol. The second kappa shape index (κ2) is 14.6. The van der Waals surface area contributed by atoms with E-state index in [0.717, 1.165) is 4.90 Å². The molecule has 1 heterocycles. The molecule has 0 spiro atoms. The van der Waals surface area contributed by atoms with Crippen molar-refractivity contribution < 1.29 is 39.3 Å². The zero-order chi connectivity index (χ0) is 32.7. The van der Waals surface area contributed by atoms with Crippen LogP contribution in [0.5, 0.6) is 11.5 Å². The summed E-state index contributed by atoms with van der Waals surface area (Å²) in [6, 6.07) is 4.01. The molecule has 44 heavy (non-hydrogen) atoms. The van der Waals surface area contributed by atoms with Gasteiger partial charge in [0, 0.05) is 39.3 Å². The van der Waals surface area contributed by atoms with Crippen LogP contribution in [-0.2, 0) is 36.8 Å². The minimum atomic E-state index is -1.39. The van der Waals surface area contributed by atoms with Crippen molar-refractivity contribution in [3.63, 3.8) is 0 Å². The average molecular weight is 614 g/mol. The molecule has 1 aliphatic heterocycles. The van der Waals surface area contributed by atoms with Gasteiger partial charge in [0.05, 0.1) is 12.1 Å². The number of aliphatic hydroxyl groups excluding tert-OH is 1. The molecule has 1 aliphatic rings. The van der Waals surface area contributed by atoms with Crippen LogP contribution in [0.2, 0.25) is 0 Å². The molecule has 4 bridgehead atoms. The number of amides is 5. The van der Waals surface area contributed by atoms with E-state index < -0.39 is 59.8 Å². The number of aliphatic hydroxyl groups is 1. The minimum absolute atomic E-state index is 0.0997. The third-order valence-electron chi connectivity index (χ3n) is 7.53. The summed E-state index contributed by atoms with van der Waals surface area (Å²) in [5.74, 6) is -4.38. The number of phenols is 2. The SMILES string of the molecule is CN1C(=O)[C@H](C[C@@H](O)CN)NC(=O)[C@H](N)Cc2cc(ccc2O)-c2ccc(O)c(c2)C[C@H]1C(=O)N[C@@H](CCC(N)=O)C(N)=O. The van der Waals surface area contributed by atoms with Crippen LogP contribution in [0.1, 0.15) is 30.4 Å². The summed E-state index contributed by atoms with van der Waals surface area (Å²) in [4.78, 5) is 65.1. The number of hydrogen-bond acceptors (Lipinski definition) is 10. The number of nitrogens with zero attached hydrogens (tertiary/aromatic N) is 1. The van der Waals surface area contributed by atoms with Gasteiger partial charge in [-0.15, -0.1) is 0 Å². The van der Waals surface area contributed by atoms with Crippen LogP contribution in [0.25, 0.3) is 11.1 Å². The summed E-state index contributed by atoms with van der Waals surface area (Å²) in [6.45, 7) is -0.235. The summed E-state index contributed by atoms with van der Waals surface area (Å²) in [6.07, 6.45) is -2.34. The number of fused-ring (bicyclic) bond motifs is 5. The molecule has 13 N–H and O–H groups in total. The van der Waals surface area contributed by atoms with Crippen LogP contribution in [-0.4, -0.2) is 93.6 Å². The third kappa shape index (κ3) is 8.43. The van der Waals surface area contributed by atoms with Crippen molar-refractivity contribution in [1.29, 1.82) is 0 Å². The van der Waals surface area contributed by atoms with E-state index in [9.17, 15) is 39.3 Å². The molecule has 5 atom stereocenters. The first-order chi connectivity index (χ1) is 20.7. The molecule has 0 saturated heterocycles. The van der Waals surface area contributed by atoms with Gasteiger partial charge in [-0.2, -0.15) is 0 Å². The quantitative estimate of drug-likeness (QED) is 0.143. The molecular weight excluding hydrogens is 574 g/mol. The van der Waals surface area contributed by atoms with Gasteiger partial charge < -0.3 is 53.8 Å². The number of nitrogens with two attached hydrogens (primary N) is 4. The molecule has 2 aromatic carbocycles. The van der Waals surface area contributed by atoms with E-state index in [-0.39, 0.29) is 55.7 Å². The number of primary amides is 2. The van der Waals surface area contributed by atoms with E-state index in [1.165, 1.54) is 19.2 Å². The standard InChI is InChI=1S/C29H39N7O8/c1-36-22(28(43)34-20(26(33)41)4-7-25(32)40)11-17-9-15(3-6-24(17)39)14-2-5-23(38)16(8-14)10-19(31)27(42)35-21(29(36)44)12-18(37)13-30/h2-3,5-6,8-9,18-22,37-39H,4,7,10-13,30-31H2,1H3,(H2,32,40)(H2,33,41)(H,34,43)(H,35,42)/t18-,19-,20+,21+,22+/m1/s1. The number of likely N-dealkylation sites (N-methyl/N-ethyl adjacent to an activating group) is 1. The first kappa shape index (κ1) is 33.8. The molecule has 15 nitrogen and oxygen atoms in total. The molecule has 0 radical (unpaired) electrons. The summed E-state index contributed by atoms with van der Waals surface area (Å²) in [5, 5.41) is 36.5. The smallest absolute Gasteiger partial charge is 0.245 e. The first-order valence-corrected chi connectivity index (χ1v) is 13.9. The second-order valence-electron chi connectivity index (χ2n) is 10.8. The van der Waals surface area contributed by atoms with Gasteiger partial charge in [0.1, 0.15) is 29.6 Å². The summed E-state index contributed by atoms with van der Waals surface area (Å²) in [5.41, 5.74) is 24.1. The lowest BCUT2D eigenvalue weighted by Gasteiger charge is -2.33. The molecule has 0 fully saturated rings. The summed E-state index contributed by atoms with van der Waals surface area (Å²) >= 11 is 0. The van der Waals surface area contributed by atoms with Crippen molar-refractivity contribution in [1.82, 2.24) is 15.5 Å². The molecule has 0 saturated carbocycles. The number of aromatic hydroxyl groups is 2. The number of carbonyl (C=O) groups excluding carboxylic acids is 5. The van der Waals surface area contributed by atoms with Crippen LogP contribution in [0.15, 0.2) is 36.4 Å². The Kier molecular flexibility index (Phi) is 11.2. The fraction of sp³-hybridized carbons (Fsp3) is 0.414. The van der Waals surface area contributed by atoms with E-state index in [1.807, 2.05) is 0 Å². The van der Waals surface area contributed by atoms with Crippen molar-refractivity contribution in [2.45, 2.75) is 62.4 Å². The van der Waals surface area contributed by atoms with Gasteiger partial charge >= 0.3 is 0 Å². The van der Waals surface area contributed by atoms with E-state index in [4.69, 9.17) is 22.9 Å². The van der Waals surface area contributed by atoms with Crippen molar-refractivity contribution in [2.24, 2.45) is 22.9 Å². The lowest BCUT2D eigenvalue weighted by Crippen LogP contribution is -2.59. The molecule has 3 rings (SSSR count). The van der Waals surface area contributed by atoms with Gasteiger partial charge in [0.25, 0.3) is 0 Å². The molecule has 238 valence electrons. The highest BCUT2D eigenvalue weighted by atomic mass is 16.3. The van der Waals surface area contributed by atoms with Crippen LogP contribution in [0.4, 0.5) is 0 Å². The number of nitrogens with one attached hydrogen (secondary N) is 2. The number of phenolic OH excluding ortho intramolecular Hbond substituents is 2. The average Bonchev–Trinajstić information content (AvgIpc) is 2.97. The Labute approximate surface area is 253 Å². The first-order valence-electron chi connectivity index (χ1n) is 13.9. The Bertz CT molecular complexity index is 1420. The van der Waals surface area contributed by atoms with Gasteiger partial charge in [0.15, 0.2) is 0 Å². The summed E-state index contributed by atoms with van der Waals surface area (Å²) in [7, 11) is 1.28. The van der Waals surface area contributed by atoms with Crippen molar-refractivity contribution in [3.8, 4) is 22.6 Å². The van der Waals surface area contributed by atoms with Gasteiger partial charge in [0.2, 0.25) is 29.5 Å². The number of rotatable bonds is 9. The van der Waals surface area contributed by atoms with Gasteiger partial charge in [-0.1, -0.05) is 12.1 Å². The Balaban J connectivity index is 2.14. The minimum Gasteiger partial charge on any atom is -0.508 e. The maximum atomic E-state index is 13.8. The van der Waals surface area contributed by atoms with Crippen molar-refractivity contribution in [2.75, 3.05) is 13.6 Å². The number of benzene rings is 2. The molecular formula is C29H39N7O8. The van der Waals surface area contributed by atoms with E-state index in [0.29, 0.717) is 16.7 Å². The molecule has 0 aromatic heterocycles. The Morgan fingerprint density at radius 2 is 1.59 bits per heavy atom. The highest BCUT2D eigenvalue weighted by Crippen LogP contribution is 2.31. The number of carbonyl (C=O) groups is 5. The van der Waals surface area contributed by atoms with Gasteiger partial charge in [-0.05, 0) is 52.9 Å². The largest absolute Gasteiger partial charge is 0.508 e. The lowest BCUT2D eigenvalue weighted by atomic mass is 9.95. The van der Waals surface area contributed by atoms with Crippen LogP contribution in [0, 0.1) is 0 Å². The van der Waals surface area contributed by atoms with E-state index >= 15 is 0 Å². The van der Waals surface area contributed by atoms with Gasteiger partial charge in [-0.25, -0.2) is 0 Å². The van der Waals surface area contributed by atoms with Crippen LogP contribution < -0.4 is 33.6 Å². The zero-order valence-electron chi connectivity index (χ0n) is 24.2. The van der Waals surface area contributed by atoms with Crippen molar-refractivity contribution in [3.05, 3.63) is 47.5 Å². The normalized spacial score (nSPS) is 20.5. The highest BCUT2D eigenvalue weighted by Gasteiger charge is 2.36. The highest BCUT2D eigenvalue weighted by molar-refractivity contribution is 5.95. The zero-order valence-corrected chi connectivity index (χ0v) is 24.2. The Morgan fingerprint density at radius 3 is 2.11 bits per heavy atom.